The van der Waals surface area contributed by atoms with Gasteiger partial charge in [0.2, 0.25) is 0 Å². The number of hydrogen-bond acceptors (Lipinski definition) is 1. The second-order valence-electron chi connectivity index (χ2n) is 4.41. The summed E-state index contributed by atoms with van der Waals surface area (Å²) in [6.45, 7) is 5.04. The third-order valence-electron chi connectivity index (χ3n) is 2.91. The fourth-order valence-electron chi connectivity index (χ4n) is 1.85. The van der Waals surface area contributed by atoms with Crippen LogP contribution in [0.5, 0.6) is 0 Å². The van der Waals surface area contributed by atoms with Crippen LogP contribution in [0.2, 0.25) is 0 Å². The van der Waals surface area contributed by atoms with Crippen LogP contribution in [0.15, 0.2) is 23.8 Å². The summed E-state index contributed by atoms with van der Waals surface area (Å²) in [5.74, 6) is 0.717. The van der Waals surface area contributed by atoms with Gasteiger partial charge in [-0.1, -0.05) is 44.9 Å². The van der Waals surface area contributed by atoms with E-state index in [1.807, 2.05) is 6.08 Å². The smallest absolute Gasteiger partial charge is 0.250 e. The molecule has 0 saturated heterocycles. The minimum atomic E-state index is 0.0760. The van der Waals surface area contributed by atoms with E-state index in [1.165, 1.54) is 19.3 Å². The zero-order valence-corrected chi connectivity index (χ0v) is 10.5. The Balaban J connectivity index is 2.35. The molecule has 0 aromatic rings. The van der Waals surface area contributed by atoms with Crippen LogP contribution < -0.4 is 5.32 Å². The summed E-state index contributed by atoms with van der Waals surface area (Å²) < 4.78 is 0. The molecule has 0 bridgehead atoms. The average Bonchev–Trinajstić information content (AvgIpc) is 2.34. The van der Waals surface area contributed by atoms with Gasteiger partial charge in [0.1, 0.15) is 0 Å². The van der Waals surface area contributed by atoms with Crippen LogP contribution >= 0.6 is 0 Å². The molecule has 1 N–H and O–H groups in total. The van der Waals surface area contributed by atoms with Gasteiger partial charge in [-0.2, -0.15) is 0 Å². The van der Waals surface area contributed by atoms with E-state index >= 15 is 0 Å². The molecule has 0 radical (unpaired) electrons. The molecule has 0 aromatic carbocycles. The lowest BCUT2D eigenvalue weighted by atomic mass is 9.92. The van der Waals surface area contributed by atoms with Gasteiger partial charge in [-0.25, -0.2) is 0 Å². The van der Waals surface area contributed by atoms with Gasteiger partial charge in [0.05, 0.1) is 0 Å². The van der Waals surface area contributed by atoms with Crippen molar-refractivity contribution >= 4 is 5.91 Å². The lowest BCUT2D eigenvalue weighted by molar-refractivity contribution is -0.117. The second kappa shape index (κ2) is 7.26. The molecule has 0 heterocycles. The predicted molar refractivity (Wildman–Crippen MR) is 68.2 cm³/mol. The van der Waals surface area contributed by atoms with Gasteiger partial charge >= 0.3 is 0 Å². The highest BCUT2D eigenvalue weighted by molar-refractivity contribution is 5.96. The number of carbonyl (C=O) groups is 1. The molecule has 1 atom stereocenters. The number of rotatable bonds is 6. The molecule has 1 rings (SSSR count). The molecular formula is C14H23NO. The van der Waals surface area contributed by atoms with Gasteiger partial charge in [-0.05, 0) is 25.2 Å². The lowest BCUT2D eigenvalue weighted by Crippen LogP contribution is -2.25. The van der Waals surface area contributed by atoms with E-state index in [1.54, 1.807) is 0 Å². The number of carbonyl (C=O) groups excluding carboxylic acids is 1. The maximum Gasteiger partial charge on any atom is 0.250 e. The minimum Gasteiger partial charge on any atom is -0.352 e. The average molecular weight is 221 g/mol. The van der Waals surface area contributed by atoms with E-state index in [4.69, 9.17) is 0 Å². The van der Waals surface area contributed by atoms with Crippen LogP contribution in [0.4, 0.5) is 0 Å². The number of nitrogens with one attached hydrogen (secondary N) is 1. The zero-order chi connectivity index (χ0) is 11.8. The van der Waals surface area contributed by atoms with Crippen molar-refractivity contribution in [3.05, 3.63) is 23.8 Å². The van der Waals surface area contributed by atoms with E-state index in [0.29, 0.717) is 5.92 Å². The topological polar surface area (TPSA) is 29.1 Å². The summed E-state index contributed by atoms with van der Waals surface area (Å²) in [6, 6.07) is 0. The Morgan fingerprint density at radius 1 is 1.44 bits per heavy atom. The Hall–Kier alpha value is -1.05. The Labute approximate surface area is 98.8 Å². The third-order valence-corrected chi connectivity index (χ3v) is 2.91. The van der Waals surface area contributed by atoms with Crippen LogP contribution in [0, 0.1) is 5.92 Å². The summed E-state index contributed by atoms with van der Waals surface area (Å²) in [6.07, 6.45) is 12.0. The van der Waals surface area contributed by atoms with E-state index in [9.17, 15) is 4.79 Å². The van der Waals surface area contributed by atoms with Crippen molar-refractivity contribution in [2.75, 3.05) is 6.54 Å². The molecule has 0 aliphatic heterocycles. The van der Waals surface area contributed by atoms with Gasteiger partial charge in [0.25, 0.3) is 5.91 Å². The molecule has 1 aliphatic rings. The third kappa shape index (κ3) is 4.21. The first-order valence-corrected chi connectivity index (χ1v) is 6.44. The highest BCUT2D eigenvalue weighted by atomic mass is 16.1. The Morgan fingerprint density at radius 2 is 2.25 bits per heavy atom. The van der Waals surface area contributed by atoms with E-state index in [0.717, 1.165) is 25.0 Å². The molecule has 2 heteroatoms. The number of unbranched alkanes of at least 4 members (excludes halogenated alkanes) is 1. The fraction of sp³-hybridized carbons (Fsp3) is 0.643. The molecule has 0 saturated carbocycles. The molecule has 90 valence electrons. The lowest BCUT2D eigenvalue weighted by Gasteiger charge is -2.15. The number of hydrogen-bond donors (Lipinski definition) is 1. The molecule has 16 heavy (non-hydrogen) atoms. The highest BCUT2D eigenvalue weighted by Crippen LogP contribution is 2.21. The van der Waals surface area contributed by atoms with E-state index in [-0.39, 0.29) is 5.91 Å². The van der Waals surface area contributed by atoms with Crippen molar-refractivity contribution < 1.29 is 4.79 Å². The molecular weight excluding hydrogens is 198 g/mol. The molecule has 1 amide bonds. The normalized spacial score (nSPS) is 19.4. The van der Waals surface area contributed by atoms with Crippen LogP contribution in [0.25, 0.3) is 0 Å². The largest absolute Gasteiger partial charge is 0.352 e. The Kier molecular flexibility index (Phi) is 5.91. The van der Waals surface area contributed by atoms with Crippen molar-refractivity contribution in [2.45, 2.75) is 46.0 Å². The van der Waals surface area contributed by atoms with Gasteiger partial charge in [0, 0.05) is 12.1 Å². The molecule has 0 spiro atoms. The van der Waals surface area contributed by atoms with Crippen molar-refractivity contribution in [1.82, 2.24) is 5.32 Å². The monoisotopic (exact) mass is 221 g/mol. The minimum absolute atomic E-state index is 0.0760. The Morgan fingerprint density at radius 3 is 2.81 bits per heavy atom. The maximum atomic E-state index is 11.6. The summed E-state index contributed by atoms with van der Waals surface area (Å²) in [7, 11) is 0. The molecule has 0 fully saturated rings. The van der Waals surface area contributed by atoms with Crippen LogP contribution in [-0.4, -0.2) is 12.5 Å². The summed E-state index contributed by atoms with van der Waals surface area (Å²) >= 11 is 0. The van der Waals surface area contributed by atoms with Crippen molar-refractivity contribution in [2.24, 2.45) is 5.92 Å². The quantitative estimate of drug-likeness (QED) is 0.733. The zero-order valence-electron chi connectivity index (χ0n) is 10.5. The van der Waals surface area contributed by atoms with Crippen molar-refractivity contribution in [3.8, 4) is 0 Å². The molecule has 0 aromatic heterocycles. The van der Waals surface area contributed by atoms with Gasteiger partial charge in [0.15, 0.2) is 0 Å². The van der Waals surface area contributed by atoms with Crippen molar-refractivity contribution in [1.29, 1.82) is 0 Å². The van der Waals surface area contributed by atoms with Crippen LogP contribution in [0.3, 0.4) is 0 Å². The maximum absolute atomic E-state index is 11.6. The van der Waals surface area contributed by atoms with Gasteiger partial charge in [-0.15, -0.1) is 0 Å². The molecule has 1 aliphatic carbocycles. The molecule has 1 unspecified atom stereocenters. The summed E-state index contributed by atoms with van der Waals surface area (Å²) in [5, 5.41) is 2.90. The first-order chi connectivity index (χ1) is 7.77. The van der Waals surface area contributed by atoms with E-state index in [2.05, 4.69) is 31.3 Å². The summed E-state index contributed by atoms with van der Waals surface area (Å²) in [5.41, 5.74) is 0.834. The standard InChI is InChI=1S/C14H23NO/c1-3-5-6-12-7-9-13(10-8-12)14(16)15-11-4-2/h7,9-10,12H,3-6,8,11H2,1-2H3,(H,15,16). The SMILES string of the molecule is CCCCC1C=CC(C(=O)NCCC)=CC1. The van der Waals surface area contributed by atoms with Gasteiger partial charge < -0.3 is 5.32 Å². The predicted octanol–water partition coefficient (Wildman–Crippen LogP) is 3.21. The summed E-state index contributed by atoms with van der Waals surface area (Å²) in [4.78, 5) is 11.6. The second-order valence-corrected chi connectivity index (χ2v) is 4.41. The number of amides is 1. The Bertz CT molecular complexity index is 278. The first kappa shape index (κ1) is 13.0. The highest BCUT2D eigenvalue weighted by Gasteiger charge is 2.12. The van der Waals surface area contributed by atoms with Crippen LogP contribution in [0.1, 0.15) is 46.0 Å². The van der Waals surface area contributed by atoms with E-state index < -0.39 is 0 Å². The molecule has 2 nitrogen and oxygen atoms in total. The van der Waals surface area contributed by atoms with Gasteiger partial charge in [-0.3, -0.25) is 4.79 Å². The fourth-order valence-corrected chi connectivity index (χ4v) is 1.85. The van der Waals surface area contributed by atoms with Crippen molar-refractivity contribution in [3.63, 3.8) is 0 Å². The van der Waals surface area contributed by atoms with Crippen LogP contribution in [-0.2, 0) is 4.79 Å². The number of allylic oxidation sites excluding steroid dienone is 2. The first-order valence-electron chi connectivity index (χ1n) is 6.44.